The van der Waals surface area contributed by atoms with Crippen LogP contribution in [0.2, 0.25) is 0 Å². The number of hydrogen-bond acceptors (Lipinski definition) is 9. The third-order valence-electron chi connectivity index (χ3n) is 4.43. The number of aliphatic hydroxyl groups is 1. The molecule has 3 rings (SSSR count). The lowest BCUT2D eigenvalue weighted by atomic mass is 9.97. The molecule has 1 aromatic heterocycles. The highest BCUT2D eigenvalue weighted by molar-refractivity contribution is 5.44. The maximum atomic E-state index is 9.54. The first kappa shape index (κ1) is 17.8. The van der Waals surface area contributed by atoms with Gasteiger partial charge >= 0.3 is 0 Å². The van der Waals surface area contributed by atoms with Crippen LogP contribution in [0.5, 0.6) is 5.88 Å². The van der Waals surface area contributed by atoms with Crippen LogP contribution in [-0.4, -0.2) is 72.6 Å². The molecule has 0 saturated carbocycles. The van der Waals surface area contributed by atoms with Crippen molar-refractivity contribution in [3.8, 4) is 11.9 Å². The first-order valence-electron chi connectivity index (χ1n) is 8.02. The molecule has 0 aromatic carbocycles. The van der Waals surface area contributed by atoms with Crippen molar-refractivity contribution in [3.63, 3.8) is 0 Å². The van der Waals surface area contributed by atoms with Gasteiger partial charge in [0.2, 0.25) is 11.7 Å². The number of aromatic nitrogens is 2. The highest BCUT2D eigenvalue weighted by Gasteiger charge is 2.53. The van der Waals surface area contributed by atoms with Crippen molar-refractivity contribution in [2.75, 3.05) is 32.3 Å². The first-order valence-corrected chi connectivity index (χ1v) is 8.02. The van der Waals surface area contributed by atoms with Gasteiger partial charge in [-0.2, -0.15) is 10.2 Å². The topological polar surface area (TPSA) is 110 Å². The van der Waals surface area contributed by atoms with Crippen LogP contribution in [0.3, 0.4) is 0 Å². The number of nitriles is 1. The van der Waals surface area contributed by atoms with E-state index in [9.17, 15) is 5.11 Å². The molecule has 2 saturated heterocycles. The minimum Gasteiger partial charge on any atom is -0.481 e. The minimum absolute atomic E-state index is 0.0200. The van der Waals surface area contributed by atoms with Gasteiger partial charge in [0.05, 0.1) is 26.4 Å². The van der Waals surface area contributed by atoms with Gasteiger partial charge in [-0.15, -0.1) is 0 Å². The summed E-state index contributed by atoms with van der Waals surface area (Å²) in [5.41, 5.74) is 0. The Morgan fingerprint density at radius 2 is 2.12 bits per heavy atom. The van der Waals surface area contributed by atoms with Crippen molar-refractivity contribution in [3.05, 3.63) is 11.9 Å². The average molecular weight is 350 g/mol. The molecule has 3 heterocycles. The number of likely N-dealkylation sites (N-methyl/N-ethyl adjacent to an activating group) is 1. The summed E-state index contributed by atoms with van der Waals surface area (Å²) in [5, 5.41) is 18.7. The molecular formula is C16H22N4O5. The molecule has 0 aliphatic carbocycles. The van der Waals surface area contributed by atoms with Crippen molar-refractivity contribution >= 4 is 5.82 Å². The lowest BCUT2D eigenvalue weighted by molar-refractivity contribution is -0.157. The molecular weight excluding hydrogens is 328 g/mol. The van der Waals surface area contributed by atoms with Crippen molar-refractivity contribution in [1.82, 2.24) is 9.97 Å². The van der Waals surface area contributed by atoms with Crippen molar-refractivity contribution in [2.24, 2.45) is 0 Å². The molecule has 9 heteroatoms. The Morgan fingerprint density at radius 3 is 2.76 bits per heavy atom. The van der Waals surface area contributed by atoms with Gasteiger partial charge in [-0.25, -0.2) is 4.98 Å². The Labute approximate surface area is 146 Å². The summed E-state index contributed by atoms with van der Waals surface area (Å²) in [6.07, 6.45) is -1.14. The SMILES string of the molecule is COc1cc(N(C)[C@H]2CO[C@H](CO)[C@@H]3OC(C)(C)O[C@@H]32)nc(C#N)n1. The number of aliphatic hydroxyl groups excluding tert-OH is 1. The Balaban J connectivity index is 1.89. The third-order valence-corrected chi connectivity index (χ3v) is 4.43. The van der Waals surface area contributed by atoms with Gasteiger partial charge in [-0.1, -0.05) is 0 Å². The molecule has 4 atom stereocenters. The van der Waals surface area contributed by atoms with Crippen molar-refractivity contribution in [1.29, 1.82) is 5.26 Å². The fourth-order valence-electron chi connectivity index (χ4n) is 3.22. The predicted octanol–water partition coefficient (Wildman–Crippen LogP) is 0.0729. The summed E-state index contributed by atoms with van der Waals surface area (Å²) >= 11 is 0. The molecule has 0 unspecified atom stereocenters. The second-order valence-electron chi connectivity index (χ2n) is 6.50. The van der Waals surface area contributed by atoms with E-state index in [0.717, 1.165) is 0 Å². The van der Waals surface area contributed by atoms with Crippen LogP contribution in [0.4, 0.5) is 5.82 Å². The Bertz CT molecular complexity index is 677. The summed E-state index contributed by atoms with van der Waals surface area (Å²) in [7, 11) is 3.32. The Hall–Kier alpha value is -1.99. The van der Waals surface area contributed by atoms with Crippen LogP contribution in [0.1, 0.15) is 19.7 Å². The molecule has 1 N–H and O–H groups in total. The second kappa shape index (κ2) is 6.72. The minimum atomic E-state index is -0.767. The number of nitrogens with zero attached hydrogens (tertiary/aromatic N) is 4. The van der Waals surface area contributed by atoms with Crippen LogP contribution in [0, 0.1) is 11.3 Å². The van der Waals surface area contributed by atoms with Gasteiger partial charge in [-0.05, 0) is 13.8 Å². The maximum Gasteiger partial charge on any atom is 0.237 e. The Kier molecular flexibility index (Phi) is 4.79. The molecule has 1 aromatic rings. The van der Waals surface area contributed by atoms with Crippen LogP contribution in [0.25, 0.3) is 0 Å². The normalized spacial score (nSPS) is 30.4. The van der Waals surface area contributed by atoms with Gasteiger partial charge in [0, 0.05) is 13.1 Å². The van der Waals surface area contributed by atoms with E-state index in [1.807, 2.05) is 31.9 Å². The number of anilines is 1. The summed E-state index contributed by atoms with van der Waals surface area (Å²) in [6, 6.07) is 3.37. The highest BCUT2D eigenvalue weighted by Crippen LogP contribution is 2.37. The number of fused-ring (bicyclic) bond motifs is 1. The summed E-state index contributed by atoms with van der Waals surface area (Å²) in [5.74, 6) is 0.0773. The molecule has 0 radical (unpaired) electrons. The van der Waals surface area contributed by atoms with Crippen LogP contribution in [0.15, 0.2) is 6.07 Å². The predicted molar refractivity (Wildman–Crippen MR) is 86.1 cm³/mol. The fourth-order valence-corrected chi connectivity index (χ4v) is 3.22. The van der Waals surface area contributed by atoms with E-state index in [4.69, 9.17) is 24.2 Å². The van der Waals surface area contributed by atoms with E-state index in [-0.39, 0.29) is 30.7 Å². The molecule has 136 valence electrons. The molecule has 2 aliphatic heterocycles. The van der Waals surface area contributed by atoms with Crippen molar-refractivity contribution < 1.29 is 24.1 Å². The van der Waals surface area contributed by atoms with Gasteiger partial charge in [-0.3, -0.25) is 0 Å². The van der Waals surface area contributed by atoms with E-state index >= 15 is 0 Å². The molecule has 0 bridgehead atoms. The quantitative estimate of drug-likeness (QED) is 0.806. The highest BCUT2D eigenvalue weighted by atomic mass is 16.8. The van der Waals surface area contributed by atoms with Gasteiger partial charge in [0.25, 0.3) is 0 Å². The molecule has 25 heavy (non-hydrogen) atoms. The van der Waals surface area contributed by atoms with E-state index in [2.05, 4.69) is 9.97 Å². The Morgan fingerprint density at radius 1 is 1.40 bits per heavy atom. The molecule has 2 aliphatic rings. The zero-order chi connectivity index (χ0) is 18.2. The second-order valence-corrected chi connectivity index (χ2v) is 6.50. The molecule has 0 amide bonds. The lowest BCUT2D eigenvalue weighted by Gasteiger charge is -2.41. The smallest absolute Gasteiger partial charge is 0.237 e. The largest absolute Gasteiger partial charge is 0.481 e. The maximum absolute atomic E-state index is 9.54. The van der Waals surface area contributed by atoms with E-state index in [1.54, 1.807) is 6.07 Å². The van der Waals surface area contributed by atoms with E-state index in [0.29, 0.717) is 18.3 Å². The van der Waals surface area contributed by atoms with Gasteiger partial charge in [0.15, 0.2) is 5.79 Å². The average Bonchev–Trinajstić information content (AvgIpc) is 2.94. The zero-order valence-electron chi connectivity index (χ0n) is 14.7. The standard InChI is InChI=1S/C16H22N4O5/c1-16(2)24-14-9(8-23-10(7-21)15(14)25-16)20(3)12-5-13(22-4)19-11(6-17)18-12/h5,9-10,14-15,21H,7-8H2,1-4H3/t9-,10+,14+,15-/m0/s1. The number of ether oxygens (including phenoxy) is 4. The van der Waals surface area contributed by atoms with Gasteiger partial charge in [0.1, 0.15) is 30.2 Å². The van der Waals surface area contributed by atoms with Crippen LogP contribution >= 0.6 is 0 Å². The van der Waals surface area contributed by atoms with E-state index in [1.165, 1.54) is 7.11 Å². The monoisotopic (exact) mass is 350 g/mol. The number of rotatable bonds is 4. The lowest BCUT2D eigenvalue weighted by Crippen LogP contribution is -2.58. The van der Waals surface area contributed by atoms with Crippen LogP contribution < -0.4 is 9.64 Å². The molecule has 9 nitrogen and oxygen atoms in total. The number of methoxy groups -OCH3 is 1. The molecule has 2 fully saturated rings. The summed E-state index contributed by atoms with van der Waals surface area (Å²) < 4.78 is 22.9. The van der Waals surface area contributed by atoms with E-state index < -0.39 is 11.9 Å². The van der Waals surface area contributed by atoms with Crippen LogP contribution in [-0.2, 0) is 14.2 Å². The zero-order valence-corrected chi connectivity index (χ0v) is 14.7. The summed E-state index contributed by atoms with van der Waals surface area (Å²) in [6.45, 7) is 3.85. The first-order chi connectivity index (χ1) is 11.9. The third kappa shape index (κ3) is 3.39. The van der Waals surface area contributed by atoms with Crippen molar-refractivity contribution in [2.45, 2.75) is 44.0 Å². The number of hydrogen-bond donors (Lipinski definition) is 1. The molecule has 0 spiro atoms. The summed E-state index contributed by atoms with van der Waals surface area (Å²) in [4.78, 5) is 10.1. The van der Waals surface area contributed by atoms with Gasteiger partial charge < -0.3 is 29.0 Å². The fraction of sp³-hybridized carbons (Fsp3) is 0.688.